The zero-order chi connectivity index (χ0) is 17.4. The maximum atomic E-state index is 12.8. The van der Waals surface area contributed by atoms with Crippen LogP contribution in [0.5, 0.6) is 5.75 Å². The molecule has 1 N–H and O–H groups in total. The first-order chi connectivity index (χ1) is 12.1. The van der Waals surface area contributed by atoms with Crippen molar-refractivity contribution in [3.8, 4) is 5.75 Å². The average Bonchev–Trinajstić information content (AvgIpc) is 3.02. The van der Waals surface area contributed by atoms with E-state index in [9.17, 15) is 4.79 Å². The van der Waals surface area contributed by atoms with E-state index in [1.54, 1.807) is 0 Å². The van der Waals surface area contributed by atoms with E-state index in [2.05, 4.69) is 25.0 Å². The normalized spacial score (nSPS) is 21.0. The Balaban J connectivity index is 1.44. The molecule has 2 aliphatic heterocycles. The van der Waals surface area contributed by atoms with Gasteiger partial charge < -0.3 is 14.6 Å². The van der Waals surface area contributed by atoms with Crippen molar-refractivity contribution >= 4 is 5.91 Å². The molecule has 2 atom stereocenters. The van der Waals surface area contributed by atoms with Gasteiger partial charge in [0.15, 0.2) is 0 Å². The van der Waals surface area contributed by atoms with Gasteiger partial charge in [0.05, 0.1) is 25.2 Å². The van der Waals surface area contributed by atoms with Crippen LogP contribution in [0.15, 0.2) is 24.3 Å². The van der Waals surface area contributed by atoms with E-state index in [0.717, 1.165) is 42.5 Å². The first-order valence-corrected chi connectivity index (χ1v) is 8.78. The van der Waals surface area contributed by atoms with Crippen molar-refractivity contribution in [1.29, 1.82) is 0 Å². The van der Waals surface area contributed by atoms with Gasteiger partial charge in [0, 0.05) is 25.1 Å². The van der Waals surface area contributed by atoms with Crippen molar-refractivity contribution in [2.45, 2.75) is 45.4 Å². The number of hydrogen-bond donors (Lipinski definition) is 1. The van der Waals surface area contributed by atoms with Crippen LogP contribution in [-0.4, -0.2) is 44.8 Å². The lowest BCUT2D eigenvalue weighted by molar-refractivity contribution is -0.127. The van der Waals surface area contributed by atoms with Gasteiger partial charge in [0.2, 0.25) is 5.91 Å². The SMILES string of the molecule is Cc1nnc2n1CCN(C(C)C(=O)NC1CCOc3ccccc31)C2. The molecule has 0 bridgehead atoms. The van der Waals surface area contributed by atoms with E-state index in [1.165, 1.54) is 0 Å². The highest BCUT2D eigenvalue weighted by atomic mass is 16.5. The van der Waals surface area contributed by atoms with Gasteiger partial charge in [0.1, 0.15) is 17.4 Å². The van der Waals surface area contributed by atoms with E-state index in [-0.39, 0.29) is 18.0 Å². The van der Waals surface area contributed by atoms with Gasteiger partial charge in [0.25, 0.3) is 0 Å². The monoisotopic (exact) mass is 341 g/mol. The van der Waals surface area contributed by atoms with Gasteiger partial charge in [-0.2, -0.15) is 0 Å². The number of amides is 1. The summed E-state index contributed by atoms with van der Waals surface area (Å²) in [6.45, 7) is 6.85. The summed E-state index contributed by atoms with van der Waals surface area (Å²) >= 11 is 0. The number of nitrogens with zero attached hydrogens (tertiary/aromatic N) is 4. The summed E-state index contributed by atoms with van der Waals surface area (Å²) in [7, 11) is 0. The predicted octanol–water partition coefficient (Wildman–Crippen LogP) is 1.43. The van der Waals surface area contributed by atoms with Crippen LogP contribution in [0.1, 0.15) is 36.6 Å². The van der Waals surface area contributed by atoms with Gasteiger partial charge in [-0.1, -0.05) is 18.2 Å². The van der Waals surface area contributed by atoms with E-state index in [1.807, 2.05) is 38.1 Å². The standard InChI is InChI=1S/C18H23N5O2/c1-12(22-8-9-23-13(2)20-21-17(23)11-22)18(24)19-15-7-10-25-16-6-4-3-5-14(15)16/h3-6,12,15H,7-11H2,1-2H3,(H,19,24). The Morgan fingerprint density at radius 2 is 2.16 bits per heavy atom. The fourth-order valence-electron chi connectivity index (χ4n) is 3.60. The minimum Gasteiger partial charge on any atom is -0.493 e. The zero-order valence-corrected chi connectivity index (χ0v) is 14.6. The summed E-state index contributed by atoms with van der Waals surface area (Å²) in [5, 5.41) is 11.5. The molecule has 0 saturated heterocycles. The molecule has 2 unspecified atom stereocenters. The van der Waals surface area contributed by atoms with Gasteiger partial charge >= 0.3 is 0 Å². The van der Waals surface area contributed by atoms with E-state index in [4.69, 9.17) is 4.74 Å². The van der Waals surface area contributed by atoms with Crippen LogP contribution in [0.4, 0.5) is 0 Å². The number of carbonyl (C=O) groups excluding carboxylic acids is 1. The number of carbonyl (C=O) groups is 1. The zero-order valence-electron chi connectivity index (χ0n) is 14.6. The minimum absolute atomic E-state index is 0.00980. The molecule has 3 heterocycles. The summed E-state index contributed by atoms with van der Waals surface area (Å²) in [4.78, 5) is 15.0. The first kappa shape index (κ1) is 16.1. The molecule has 0 saturated carbocycles. The Kier molecular flexibility index (Phi) is 4.17. The number of nitrogens with one attached hydrogen (secondary N) is 1. The number of benzene rings is 1. The van der Waals surface area contributed by atoms with Crippen LogP contribution in [0.3, 0.4) is 0 Å². The number of hydrogen-bond acceptors (Lipinski definition) is 5. The van der Waals surface area contributed by atoms with Crippen molar-refractivity contribution in [1.82, 2.24) is 25.0 Å². The van der Waals surface area contributed by atoms with Gasteiger partial charge in [-0.25, -0.2) is 0 Å². The Morgan fingerprint density at radius 1 is 1.32 bits per heavy atom. The van der Waals surface area contributed by atoms with Crippen LogP contribution in [-0.2, 0) is 17.9 Å². The second-order valence-electron chi connectivity index (χ2n) is 6.70. The summed E-state index contributed by atoms with van der Waals surface area (Å²) < 4.78 is 7.79. The second-order valence-corrected chi connectivity index (χ2v) is 6.70. The van der Waals surface area contributed by atoms with Gasteiger partial charge in [-0.05, 0) is 19.9 Å². The summed E-state index contributed by atoms with van der Waals surface area (Å²) in [5.74, 6) is 2.78. The Labute approximate surface area is 147 Å². The lowest BCUT2D eigenvalue weighted by Crippen LogP contribution is -2.49. The highest BCUT2D eigenvalue weighted by Gasteiger charge is 2.30. The van der Waals surface area contributed by atoms with Crippen LogP contribution in [0.25, 0.3) is 0 Å². The molecule has 7 nitrogen and oxygen atoms in total. The van der Waals surface area contributed by atoms with Crippen molar-refractivity contribution in [3.63, 3.8) is 0 Å². The third-order valence-corrected chi connectivity index (χ3v) is 5.17. The Hall–Kier alpha value is -2.41. The van der Waals surface area contributed by atoms with Crippen molar-refractivity contribution in [3.05, 3.63) is 41.5 Å². The molecule has 2 aliphatic rings. The highest BCUT2D eigenvalue weighted by molar-refractivity contribution is 5.81. The molecule has 1 aromatic heterocycles. The Bertz CT molecular complexity index is 788. The van der Waals surface area contributed by atoms with Crippen LogP contribution in [0.2, 0.25) is 0 Å². The van der Waals surface area contributed by atoms with E-state index < -0.39 is 0 Å². The molecule has 1 aromatic carbocycles. The highest BCUT2D eigenvalue weighted by Crippen LogP contribution is 2.31. The largest absolute Gasteiger partial charge is 0.493 e. The lowest BCUT2D eigenvalue weighted by Gasteiger charge is -2.33. The molecule has 0 spiro atoms. The number of aryl methyl sites for hydroxylation is 1. The number of ether oxygens (including phenoxy) is 1. The average molecular weight is 341 g/mol. The van der Waals surface area contributed by atoms with Crippen molar-refractivity contribution < 1.29 is 9.53 Å². The van der Waals surface area contributed by atoms with E-state index in [0.29, 0.717) is 13.2 Å². The smallest absolute Gasteiger partial charge is 0.237 e. The molecule has 2 aromatic rings. The third kappa shape index (κ3) is 3.00. The van der Waals surface area contributed by atoms with Gasteiger partial charge in [-0.15, -0.1) is 10.2 Å². The van der Waals surface area contributed by atoms with Crippen LogP contribution < -0.4 is 10.1 Å². The summed E-state index contributed by atoms with van der Waals surface area (Å²) in [6, 6.07) is 7.72. The summed E-state index contributed by atoms with van der Waals surface area (Å²) in [5.41, 5.74) is 1.06. The van der Waals surface area contributed by atoms with Gasteiger partial charge in [-0.3, -0.25) is 9.69 Å². The predicted molar refractivity (Wildman–Crippen MR) is 92.1 cm³/mol. The van der Waals surface area contributed by atoms with Crippen LogP contribution in [0, 0.1) is 6.92 Å². The van der Waals surface area contributed by atoms with Crippen molar-refractivity contribution in [2.24, 2.45) is 0 Å². The number of fused-ring (bicyclic) bond motifs is 2. The first-order valence-electron chi connectivity index (χ1n) is 8.78. The molecule has 132 valence electrons. The molecule has 0 aliphatic carbocycles. The number of rotatable bonds is 3. The maximum Gasteiger partial charge on any atom is 0.237 e. The number of aromatic nitrogens is 3. The fraction of sp³-hybridized carbons (Fsp3) is 0.500. The molecule has 1 amide bonds. The molecular weight excluding hydrogens is 318 g/mol. The molecular formula is C18H23N5O2. The number of para-hydroxylation sites is 1. The topological polar surface area (TPSA) is 72.3 Å². The summed E-state index contributed by atoms with van der Waals surface area (Å²) in [6.07, 6.45) is 0.795. The third-order valence-electron chi connectivity index (χ3n) is 5.17. The maximum absolute atomic E-state index is 12.8. The molecule has 7 heteroatoms. The van der Waals surface area contributed by atoms with Crippen molar-refractivity contribution in [2.75, 3.05) is 13.2 Å². The molecule has 25 heavy (non-hydrogen) atoms. The quantitative estimate of drug-likeness (QED) is 0.914. The minimum atomic E-state index is -0.208. The Morgan fingerprint density at radius 3 is 3.04 bits per heavy atom. The molecule has 0 fully saturated rings. The second kappa shape index (κ2) is 6.48. The lowest BCUT2D eigenvalue weighted by atomic mass is 10.00. The molecule has 0 radical (unpaired) electrons. The fourth-order valence-corrected chi connectivity index (χ4v) is 3.60. The molecule has 4 rings (SSSR count). The van der Waals surface area contributed by atoms with E-state index >= 15 is 0 Å². The van der Waals surface area contributed by atoms with Crippen LogP contribution >= 0.6 is 0 Å².